The zero-order valence-corrected chi connectivity index (χ0v) is 10.3. The Morgan fingerprint density at radius 3 is 2.85 bits per heavy atom. The van der Waals surface area contributed by atoms with Gasteiger partial charge in [-0.05, 0) is 24.3 Å². The fourth-order valence-electron chi connectivity index (χ4n) is 1.76. The Balaban J connectivity index is 1.77. The van der Waals surface area contributed by atoms with Crippen LogP contribution in [0.2, 0.25) is 0 Å². The SMILES string of the molecule is N#Cc1ccc(C(=O)Nc2ccc3c(c2)OCO3)nc1. The highest BCUT2D eigenvalue weighted by Gasteiger charge is 2.15. The van der Waals surface area contributed by atoms with Crippen LogP contribution in [-0.2, 0) is 0 Å². The maximum absolute atomic E-state index is 12.0. The average Bonchev–Trinajstić information content (AvgIpc) is 2.95. The third kappa shape index (κ3) is 2.24. The molecule has 2 aromatic rings. The number of carbonyl (C=O) groups is 1. The first-order chi connectivity index (χ1) is 9.76. The lowest BCUT2D eigenvalue weighted by molar-refractivity contribution is 0.102. The number of amides is 1. The van der Waals surface area contributed by atoms with Gasteiger partial charge in [-0.3, -0.25) is 4.79 Å². The van der Waals surface area contributed by atoms with Crippen molar-refractivity contribution in [3.63, 3.8) is 0 Å². The molecule has 6 nitrogen and oxygen atoms in total. The molecule has 98 valence electrons. The smallest absolute Gasteiger partial charge is 0.274 e. The minimum absolute atomic E-state index is 0.184. The van der Waals surface area contributed by atoms with Crippen molar-refractivity contribution in [1.29, 1.82) is 5.26 Å². The zero-order chi connectivity index (χ0) is 13.9. The number of nitriles is 1. The Bertz CT molecular complexity index is 705. The molecule has 0 fully saturated rings. The van der Waals surface area contributed by atoms with Gasteiger partial charge in [0.1, 0.15) is 11.8 Å². The van der Waals surface area contributed by atoms with Gasteiger partial charge in [0.05, 0.1) is 5.56 Å². The van der Waals surface area contributed by atoms with E-state index in [1.165, 1.54) is 12.3 Å². The van der Waals surface area contributed by atoms with Crippen molar-refractivity contribution in [2.75, 3.05) is 12.1 Å². The van der Waals surface area contributed by atoms with Crippen LogP contribution in [-0.4, -0.2) is 17.7 Å². The predicted molar refractivity (Wildman–Crippen MR) is 69.5 cm³/mol. The van der Waals surface area contributed by atoms with Gasteiger partial charge in [-0.1, -0.05) is 0 Å². The molecule has 6 heteroatoms. The van der Waals surface area contributed by atoms with Crippen molar-refractivity contribution >= 4 is 11.6 Å². The highest BCUT2D eigenvalue weighted by Crippen LogP contribution is 2.34. The molecule has 3 rings (SSSR count). The van der Waals surface area contributed by atoms with Gasteiger partial charge in [0.25, 0.3) is 5.91 Å². The first kappa shape index (κ1) is 12.0. The summed E-state index contributed by atoms with van der Waals surface area (Å²) in [6, 6.07) is 10.1. The number of fused-ring (bicyclic) bond motifs is 1. The zero-order valence-electron chi connectivity index (χ0n) is 10.3. The minimum atomic E-state index is -0.353. The van der Waals surface area contributed by atoms with Crippen molar-refractivity contribution in [3.05, 3.63) is 47.8 Å². The Morgan fingerprint density at radius 1 is 1.25 bits per heavy atom. The van der Waals surface area contributed by atoms with Gasteiger partial charge < -0.3 is 14.8 Å². The number of pyridine rings is 1. The van der Waals surface area contributed by atoms with E-state index in [0.29, 0.717) is 22.7 Å². The molecule has 1 aromatic carbocycles. The molecule has 1 aliphatic heterocycles. The number of benzene rings is 1. The summed E-state index contributed by atoms with van der Waals surface area (Å²) >= 11 is 0. The van der Waals surface area contributed by atoms with Crippen LogP contribution in [0.3, 0.4) is 0 Å². The topological polar surface area (TPSA) is 84.2 Å². The van der Waals surface area contributed by atoms with Gasteiger partial charge in [-0.25, -0.2) is 4.98 Å². The summed E-state index contributed by atoms with van der Waals surface area (Å²) in [7, 11) is 0. The number of nitrogens with one attached hydrogen (secondary N) is 1. The molecule has 0 saturated carbocycles. The van der Waals surface area contributed by atoms with E-state index in [4.69, 9.17) is 14.7 Å². The van der Waals surface area contributed by atoms with E-state index in [2.05, 4.69) is 10.3 Å². The second-order valence-electron chi connectivity index (χ2n) is 4.07. The summed E-state index contributed by atoms with van der Waals surface area (Å²) in [6.07, 6.45) is 1.36. The van der Waals surface area contributed by atoms with Gasteiger partial charge in [0.15, 0.2) is 11.5 Å². The molecule has 1 amide bonds. The molecule has 0 spiro atoms. The Kier molecular flexibility index (Phi) is 2.94. The summed E-state index contributed by atoms with van der Waals surface area (Å²) < 4.78 is 10.4. The fourth-order valence-corrected chi connectivity index (χ4v) is 1.76. The number of hydrogen-bond donors (Lipinski definition) is 1. The van der Waals surface area contributed by atoms with Crippen molar-refractivity contribution < 1.29 is 14.3 Å². The quantitative estimate of drug-likeness (QED) is 0.898. The molecule has 0 bridgehead atoms. The minimum Gasteiger partial charge on any atom is -0.454 e. The average molecular weight is 267 g/mol. The molecule has 20 heavy (non-hydrogen) atoms. The van der Waals surface area contributed by atoms with Crippen LogP contribution in [0.15, 0.2) is 36.5 Å². The van der Waals surface area contributed by atoms with Crippen LogP contribution in [0.1, 0.15) is 16.1 Å². The van der Waals surface area contributed by atoms with Crippen LogP contribution >= 0.6 is 0 Å². The highest BCUT2D eigenvalue weighted by atomic mass is 16.7. The number of rotatable bonds is 2. The molecule has 0 aliphatic carbocycles. The van der Waals surface area contributed by atoms with E-state index in [0.717, 1.165) is 0 Å². The molecule has 2 heterocycles. The molecule has 0 radical (unpaired) electrons. The van der Waals surface area contributed by atoms with Crippen molar-refractivity contribution in [1.82, 2.24) is 4.98 Å². The molecular weight excluding hydrogens is 258 g/mol. The van der Waals surface area contributed by atoms with Gasteiger partial charge in [0, 0.05) is 18.0 Å². The molecule has 0 unspecified atom stereocenters. The largest absolute Gasteiger partial charge is 0.454 e. The van der Waals surface area contributed by atoms with E-state index in [1.807, 2.05) is 6.07 Å². The lowest BCUT2D eigenvalue weighted by atomic mass is 10.2. The second-order valence-corrected chi connectivity index (χ2v) is 4.07. The maximum atomic E-state index is 12.0. The number of hydrogen-bond acceptors (Lipinski definition) is 5. The number of nitrogens with zero attached hydrogens (tertiary/aromatic N) is 2. The molecule has 0 saturated heterocycles. The van der Waals surface area contributed by atoms with Crippen molar-refractivity contribution in [2.45, 2.75) is 0 Å². The Hall–Kier alpha value is -3.07. The lowest BCUT2D eigenvalue weighted by Crippen LogP contribution is -2.13. The van der Waals surface area contributed by atoms with Gasteiger partial charge >= 0.3 is 0 Å². The van der Waals surface area contributed by atoms with Gasteiger partial charge in [-0.15, -0.1) is 0 Å². The highest BCUT2D eigenvalue weighted by molar-refractivity contribution is 6.03. The van der Waals surface area contributed by atoms with E-state index in [-0.39, 0.29) is 18.4 Å². The van der Waals surface area contributed by atoms with Crippen LogP contribution in [0.4, 0.5) is 5.69 Å². The number of ether oxygens (including phenoxy) is 2. The third-order valence-corrected chi connectivity index (χ3v) is 2.76. The molecule has 1 N–H and O–H groups in total. The Morgan fingerprint density at radius 2 is 2.10 bits per heavy atom. The molecule has 1 aromatic heterocycles. The van der Waals surface area contributed by atoms with E-state index >= 15 is 0 Å². The normalized spacial score (nSPS) is 11.8. The summed E-state index contributed by atoms with van der Waals surface area (Å²) in [4.78, 5) is 15.9. The molecule has 0 atom stereocenters. The monoisotopic (exact) mass is 267 g/mol. The number of aromatic nitrogens is 1. The second kappa shape index (κ2) is 4.90. The van der Waals surface area contributed by atoms with E-state index in [1.54, 1.807) is 24.3 Å². The van der Waals surface area contributed by atoms with E-state index in [9.17, 15) is 4.79 Å². The summed E-state index contributed by atoms with van der Waals surface area (Å²) in [5.41, 5.74) is 1.23. The first-order valence-electron chi connectivity index (χ1n) is 5.83. The summed E-state index contributed by atoms with van der Waals surface area (Å²) in [5.74, 6) is 0.892. The molecular formula is C14H9N3O3. The summed E-state index contributed by atoms with van der Waals surface area (Å²) in [5, 5.41) is 11.4. The standard InChI is InChI=1S/C14H9N3O3/c15-6-9-1-3-11(16-7-9)14(18)17-10-2-4-12-13(5-10)20-8-19-12/h1-5,7H,8H2,(H,17,18). The van der Waals surface area contributed by atoms with Gasteiger partial charge in [0.2, 0.25) is 6.79 Å². The predicted octanol–water partition coefficient (Wildman–Crippen LogP) is 1.93. The van der Waals surface area contributed by atoms with Crippen LogP contribution in [0.25, 0.3) is 0 Å². The Labute approximate surface area is 114 Å². The van der Waals surface area contributed by atoms with Gasteiger partial charge in [-0.2, -0.15) is 5.26 Å². The number of anilines is 1. The van der Waals surface area contributed by atoms with Crippen LogP contribution in [0.5, 0.6) is 11.5 Å². The third-order valence-electron chi connectivity index (χ3n) is 2.76. The molecule has 1 aliphatic rings. The van der Waals surface area contributed by atoms with Crippen LogP contribution in [0, 0.1) is 11.3 Å². The first-order valence-corrected chi connectivity index (χ1v) is 5.83. The fraction of sp³-hybridized carbons (Fsp3) is 0.0714. The summed E-state index contributed by atoms with van der Waals surface area (Å²) in [6.45, 7) is 0.184. The number of carbonyl (C=O) groups excluding carboxylic acids is 1. The lowest BCUT2D eigenvalue weighted by Gasteiger charge is -2.05. The van der Waals surface area contributed by atoms with E-state index < -0.39 is 0 Å². The maximum Gasteiger partial charge on any atom is 0.274 e. The van der Waals surface area contributed by atoms with Crippen molar-refractivity contribution in [2.24, 2.45) is 0 Å². The van der Waals surface area contributed by atoms with Crippen molar-refractivity contribution in [3.8, 4) is 17.6 Å². The van der Waals surface area contributed by atoms with Crippen LogP contribution < -0.4 is 14.8 Å².